The Morgan fingerprint density at radius 1 is 1.45 bits per heavy atom. The molecule has 0 aliphatic heterocycles. The molecule has 22 heavy (non-hydrogen) atoms. The number of hydrazone groups is 1. The highest BCUT2D eigenvalue weighted by atomic mass is 79.9. The van der Waals surface area contributed by atoms with Crippen molar-refractivity contribution in [1.29, 1.82) is 0 Å². The largest absolute Gasteiger partial charge is 0.503 e. The molecule has 0 unspecified atom stereocenters. The first kappa shape index (κ1) is 16.8. The number of benzene rings is 1. The Balaban J connectivity index is 1.98. The number of hydrogen-bond donors (Lipinski definition) is 2. The molecule has 0 radical (unpaired) electrons. The van der Waals surface area contributed by atoms with E-state index in [2.05, 4.69) is 26.5 Å². The van der Waals surface area contributed by atoms with Crippen LogP contribution < -0.4 is 10.2 Å². The first-order valence-corrected chi connectivity index (χ1v) is 8.39. The predicted octanol–water partition coefficient (Wildman–Crippen LogP) is 3.58. The maximum atomic E-state index is 12.0. The van der Waals surface area contributed by atoms with Gasteiger partial charge in [-0.3, -0.25) is 4.79 Å². The van der Waals surface area contributed by atoms with Crippen LogP contribution in [0.2, 0.25) is 0 Å². The van der Waals surface area contributed by atoms with E-state index < -0.39 is 0 Å². The van der Waals surface area contributed by atoms with E-state index in [0.29, 0.717) is 16.8 Å². The molecule has 1 aromatic carbocycles. The molecule has 1 fully saturated rings. The summed E-state index contributed by atoms with van der Waals surface area (Å²) in [6.07, 6.45) is 6.89. The Bertz CT molecular complexity index is 555. The molecule has 2 N–H and O–H groups in total. The Kier molecular flexibility index (Phi) is 6.24. The number of phenolic OH excluding ortho intramolecular Hbond substituents is 1. The Morgan fingerprint density at radius 3 is 2.86 bits per heavy atom. The van der Waals surface area contributed by atoms with Gasteiger partial charge in [-0.1, -0.05) is 19.3 Å². The standard InChI is InChI=1S/C16H21BrN2O3/c1-2-22-14-9-11(8-13(17)15(14)20)10-18-19-16(21)12-6-4-3-5-7-12/h8-10,12,20H,2-7H2,1H3,(H,19,21)/b18-10+. The Hall–Kier alpha value is -1.56. The van der Waals surface area contributed by atoms with Crippen molar-refractivity contribution in [3.05, 3.63) is 22.2 Å². The SMILES string of the molecule is CCOc1cc(/C=N/NC(=O)C2CCCCC2)cc(Br)c1O. The zero-order valence-corrected chi connectivity index (χ0v) is 14.2. The van der Waals surface area contributed by atoms with Gasteiger partial charge in [-0.15, -0.1) is 0 Å². The summed E-state index contributed by atoms with van der Waals surface area (Å²) >= 11 is 3.27. The van der Waals surface area contributed by atoms with Crippen molar-refractivity contribution >= 4 is 28.1 Å². The quantitative estimate of drug-likeness (QED) is 0.616. The first-order chi connectivity index (χ1) is 10.6. The summed E-state index contributed by atoms with van der Waals surface area (Å²) < 4.78 is 5.88. The Morgan fingerprint density at radius 2 is 2.18 bits per heavy atom. The van der Waals surface area contributed by atoms with Gasteiger partial charge in [0.2, 0.25) is 5.91 Å². The number of hydrogen-bond acceptors (Lipinski definition) is 4. The third-order valence-electron chi connectivity index (χ3n) is 3.71. The van der Waals surface area contributed by atoms with Gasteiger partial charge in [-0.25, -0.2) is 5.43 Å². The zero-order chi connectivity index (χ0) is 15.9. The van der Waals surface area contributed by atoms with E-state index in [9.17, 15) is 9.90 Å². The Labute approximate surface area is 138 Å². The van der Waals surface area contributed by atoms with Crippen LogP contribution in [0.15, 0.2) is 21.7 Å². The molecule has 0 atom stereocenters. The number of ether oxygens (including phenoxy) is 1. The van der Waals surface area contributed by atoms with E-state index in [1.165, 1.54) is 6.42 Å². The van der Waals surface area contributed by atoms with Crippen molar-refractivity contribution in [3.63, 3.8) is 0 Å². The maximum Gasteiger partial charge on any atom is 0.243 e. The molecule has 6 heteroatoms. The lowest BCUT2D eigenvalue weighted by Gasteiger charge is -2.19. The highest BCUT2D eigenvalue weighted by Crippen LogP contribution is 2.35. The summed E-state index contributed by atoms with van der Waals surface area (Å²) in [5.74, 6) is 0.512. The number of phenols is 1. The van der Waals surface area contributed by atoms with Crippen molar-refractivity contribution < 1.29 is 14.6 Å². The van der Waals surface area contributed by atoms with E-state index >= 15 is 0 Å². The van der Waals surface area contributed by atoms with E-state index in [0.717, 1.165) is 31.2 Å². The minimum atomic E-state index is -0.0150. The fraction of sp³-hybridized carbons (Fsp3) is 0.500. The minimum Gasteiger partial charge on any atom is -0.503 e. The van der Waals surface area contributed by atoms with E-state index in [4.69, 9.17) is 4.74 Å². The number of nitrogens with zero attached hydrogens (tertiary/aromatic N) is 1. The third-order valence-corrected chi connectivity index (χ3v) is 4.32. The summed E-state index contributed by atoms with van der Waals surface area (Å²) in [4.78, 5) is 12.0. The molecule has 1 aliphatic rings. The van der Waals surface area contributed by atoms with Crippen molar-refractivity contribution in [3.8, 4) is 11.5 Å². The molecule has 0 aromatic heterocycles. The minimum absolute atomic E-state index is 0.0150. The second kappa shape index (κ2) is 8.17. The lowest BCUT2D eigenvalue weighted by molar-refractivity contribution is -0.125. The van der Waals surface area contributed by atoms with Crippen LogP contribution in [0.25, 0.3) is 0 Å². The molecule has 0 heterocycles. The highest BCUT2D eigenvalue weighted by molar-refractivity contribution is 9.10. The van der Waals surface area contributed by atoms with Crippen molar-refractivity contribution in [2.45, 2.75) is 39.0 Å². The van der Waals surface area contributed by atoms with Gasteiger partial charge in [0.05, 0.1) is 17.3 Å². The van der Waals surface area contributed by atoms with Gasteiger partial charge in [0.15, 0.2) is 11.5 Å². The van der Waals surface area contributed by atoms with Gasteiger partial charge in [0, 0.05) is 5.92 Å². The van der Waals surface area contributed by atoms with Crippen molar-refractivity contribution in [2.75, 3.05) is 6.61 Å². The van der Waals surface area contributed by atoms with Gasteiger partial charge in [-0.05, 0) is 53.4 Å². The van der Waals surface area contributed by atoms with Gasteiger partial charge in [-0.2, -0.15) is 5.10 Å². The zero-order valence-electron chi connectivity index (χ0n) is 12.6. The third kappa shape index (κ3) is 4.47. The number of carbonyl (C=O) groups excluding carboxylic acids is 1. The molecule has 5 nitrogen and oxygen atoms in total. The van der Waals surface area contributed by atoms with Crippen LogP contribution in [0, 0.1) is 5.92 Å². The number of nitrogens with one attached hydrogen (secondary N) is 1. The summed E-state index contributed by atoms with van der Waals surface area (Å²) in [6.45, 7) is 2.30. The molecule has 0 saturated heterocycles. The molecule has 1 aliphatic carbocycles. The number of rotatable bonds is 5. The molecule has 120 valence electrons. The average Bonchev–Trinajstić information content (AvgIpc) is 2.53. The summed E-state index contributed by atoms with van der Waals surface area (Å²) in [5, 5.41) is 13.9. The van der Waals surface area contributed by atoms with E-state index in [1.54, 1.807) is 18.3 Å². The number of halogens is 1. The molecule has 1 saturated carbocycles. The topological polar surface area (TPSA) is 70.9 Å². The lowest BCUT2D eigenvalue weighted by atomic mass is 9.89. The van der Waals surface area contributed by atoms with Crippen LogP contribution in [0.5, 0.6) is 11.5 Å². The molecular formula is C16H21BrN2O3. The molecule has 0 spiro atoms. The number of aromatic hydroxyl groups is 1. The fourth-order valence-electron chi connectivity index (χ4n) is 2.56. The molecule has 1 amide bonds. The maximum absolute atomic E-state index is 12.0. The van der Waals surface area contributed by atoms with Gasteiger partial charge < -0.3 is 9.84 Å². The second-order valence-electron chi connectivity index (χ2n) is 5.35. The van der Waals surface area contributed by atoms with Gasteiger partial charge >= 0.3 is 0 Å². The molecular weight excluding hydrogens is 348 g/mol. The van der Waals surface area contributed by atoms with Gasteiger partial charge in [0.25, 0.3) is 0 Å². The summed E-state index contributed by atoms with van der Waals surface area (Å²) in [6, 6.07) is 3.40. The van der Waals surface area contributed by atoms with Crippen LogP contribution in [0.1, 0.15) is 44.6 Å². The van der Waals surface area contributed by atoms with Crippen molar-refractivity contribution in [2.24, 2.45) is 11.0 Å². The van der Waals surface area contributed by atoms with Crippen LogP contribution in [-0.2, 0) is 4.79 Å². The van der Waals surface area contributed by atoms with Crippen LogP contribution in [-0.4, -0.2) is 23.8 Å². The van der Waals surface area contributed by atoms with E-state index in [1.807, 2.05) is 6.92 Å². The van der Waals surface area contributed by atoms with Crippen LogP contribution in [0.4, 0.5) is 0 Å². The smallest absolute Gasteiger partial charge is 0.243 e. The highest BCUT2D eigenvalue weighted by Gasteiger charge is 2.20. The molecule has 1 aromatic rings. The molecule has 0 bridgehead atoms. The van der Waals surface area contributed by atoms with Gasteiger partial charge in [0.1, 0.15) is 0 Å². The normalized spacial score (nSPS) is 15.9. The number of amides is 1. The van der Waals surface area contributed by atoms with E-state index in [-0.39, 0.29) is 17.6 Å². The summed E-state index contributed by atoms with van der Waals surface area (Å²) in [7, 11) is 0. The monoisotopic (exact) mass is 368 g/mol. The fourth-order valence-corrected chi connectivity index (χ4v) is 3.02. The van der Waals surface area contributed by atoms with Crippen molar-refractivity contribution in [1.82, 2.24) is 5.43 Å². The van der Waals surface area contributed by atoms with Crippen LogP contribution in [0.3, 0.4) is 0 Å². The average molecular weight is 369 g/mol. The second-order valence-corrected chi connectivity index (χ2v) is 6.21. The summed E-state index contributed by atoms with van der Waals surface area (Å²) in [5.41, 5.74) is 3.33. The lowest BCUT2D eigenvalue weighted by Crippen LogP contribution is -2.28. The first-order valence-electron chi connectivity index (χ1n) is 7.60. The van der Waals surface area contributed by atoms with Crippen LogP contribution >= 0.6 is 15.9 Å². The predicted molar refractivity (Wildman–Crippen MR) is 89.3 cm³/mol. The number of carbonyl (C=O) groups is 1. The molecule has 2 rings (SSSR count).